The molecule has 14 rings (SSSR count). The fourth-order valence-electron chi connectivity index (χ4n) is 11.7. The molecule has 8 nitrogen and oxygen atoms in total. The number of anilines is 6. The van der Waals surface area contributed by atoms with E-state index in [4.69, 9.17) is 20.4 Å². The summed E-state index contributed by atoms with van der Waals surface area (Å²) < 4.78 is 4.32. The molecule has 0 fully saturated rings. The summed E-state index contributed by atoms with van der Waals surface area (Å²) in [6, 6.07) is 69.9. The summed E-state index contributed by atoms with van der Waals surface area (Å²) in [7, 11) is 0. The first kappa shape index (κ1) is 38.6. The predicted molar refractivity (Wildman–Crippen MR) is 277 cm³/mol. The highest BCUT2D eigenvalue weighted by molar-refractivity contribution is 6.09. The number of rotatable bonds is 4. The van der Waals surface area contributed by atoms with Crippen LogP contribution in [0.15, 0.2) is 194 Å². The zero-order valence-electron chi connectivity index (χ0n) is 38.1. The topological polar surface area (TPSA) is 66.9 Å². The van der Waals surface area contributed by atoms with Crippen molar-refractivity contribution in [2.24, 2.45) is 0 Å². The van der Waals surface area contributed by atoms with Crippen LogP contribution in [0.4, 0.5) is 34.1 Å². The summed E-state index contributed by atoms with van der Waals surface area (Å²) >= 11 is 0. The lowest BCUT2D eigenvalue weighted by molar-refractivity contribution is 0.632. The molecule has 0 saturated carbocycles. The van der Waals surface area contributed by atoms with Crippen LogP contribution in [0.2, 0.25) is 0 Å². The van der Waals surface area contributed by atoms with Crippen LogP contribution in [0.25, 0.3) is 66.6 Å². The zero-order valence-corrected chi connectivity index (χ0v) is 38.1. The van der Waals surface area contributed by atoms with E-state index >= 15 is 0 Å². The molecule has 8 heteroatoms. The number of aromatic nitrogens is 6. The summed E-state index contributed by atoms with van der Waals surface area (Å²) in [6.45, 7) is 9.30. The van der Waals surface area contributed by atoms with Gasteiger partial charge in [-0.3, -0.25) is 8.80 Å². The molecule has 3 aromatic heterocycles. The molecule has 68 heavy (non-hydrogen) atoms. The van der Waals surface area contributed by atoms with Gasteiger partial charge in [-0.25, -0.2) is 0 Å². The van der Waals surface area contributed by atoms with E-state index in [1.165, 1.54) is 45.0 Å². The first-order valence-electron chi connectivity index (χ1n) is 23.3. The Balaban J connectivity index is 0.951. The quantitative estimate of drug-likeness (QED) is 0.175. The molecule has 324 valence electrons. The molecule has 0 radical (unpaired) electrons. The maximum Gasteiger partial charge on any atom is 0.207 e. The van der Waals surface area contributed by atoms with Gasteiger partial charge in [0, 0.05) is 32.7 Å². The highest BCUT2D eigenvalue weighted by Crippen LogP contribution is 2.55. The van der Waals surface area contributed by atoms with Gasteiger partial charge in [0.25, 0.3) is 0 Å². The van der Waals surface area contributed by atoms with E-state index in [0.717, 1.165) is 66.7 Å². The number of hydrogen-bond acceptors (Lipinski definition) is 6. The van der Waals surface area contributed by atoms with Crippen LogP contribution in [0.5, 0.6) is 0 Å². The van der Waals surface area contributed by atoms with Crippen LogP contribution in [0, 0.1) is 0 Å². The Morgan fingerprint density at radius 3 is 0.971 bits per heavy atom. The molecular weight excluding hydrogens is 833 g/mol. The summed E-state index contributed by atoms with van der Waals surface area (Å²) in [6.07, 6.45) is 0. The molecule has 0 amide bonds. The maximum atomic E-state index is 5.00. The van der Waals surface area contributed by atoms with Gasteiger partial charge >= 0.3 is 0 Å². The standard InChI is InChI=1S/C60H44N8/c1-59(2)43-23-9-13-27-49(43)65(50-28-14-10-24-44(50)59)47-35-33-41(37-19-5-7-21-39(37)47)55-61-63-57-58-64-62-56(68(58)54-32-18-17-31-53(54)67(55)57)42-34-36-48(40-22-8-6-20-38(40)42)66-51-29-15-11-25-45(51)60(3,4)46-26-12-16-30-52(46)66/h5-36H,1-4H3. The van der Waals surface area contributed by atoms with Crippen molar-refractivity contribution >= 4 is 78.0 Å². The molecule has 0 bridgehead atoms. The highest BCUT2D eigenvalue weighted by Gasteiger charge is 2.39. The fraction of sp³-hybridized carbons (Fsp3) is 0.100. The van der Waals surface area contributed by atoms with Crippen molar-refractivity contribution in [3.8, 4) is 22.8 Å². The van der Waals surface area contributed by atoms with Gasteiger partial charge in [-0.15, -0.1) is 20.4 Å². The average Bonchev–Trinajstić information content (AvgIpc) is 4.03. The largest absolute Gasteiger partial charge is 0.309 e. The summed E-state index contributed by atoms with van der Waals surface area (Å²) in [5, 5.41) is 24.3. The van der Waals surface area contributed by atoms with Crippen molar-refractivity contribution in [1.82, 2.24) is 29.2 Å². The Kier molecular flexibility index (Phi) is 7.93. The SMILES string of the molecule is CC1(C)c2ccccc2N(c2ccc(-c3nnc4c5nnc(-c6ccc(N7c8ccccc8C(C)(C)c8ccccc87)c7ccccc67)n5c5ccccc5n34)c3ccccc23)c2ccccc21. The highest BCUT2D eigenvalue weighted by atomic mass is 15.3. The van der Waals surface area contributed by atoms with E-state index in [1.54, 1.807) is 0 Å². The molecule has 0 atom stereocenters. The summed E-state index contributed by atoms with van der Waals surface area (Å²) in [5.41, 5.74) is 17.0. The number of hydrogen-bond donors (Lipinski definition) is 0. The van der Waals surface area contributed by atoms with Crippen molar-refractivity contribution in [2.75, 3.05) is 9.80 Å². The third-order valence-corrected chi connectivity index (χ3v) is 14.9. The number of benzene rings is 9. The molecule has 0 spiro atoms. The van der Waals surface area contributed by atoms with Crippen molar-refractivity contribution < 1.29 is 0 Å². The minimum absolute atomic E-state index is 0.158. The number of para-hydroxylation sites is 6. The Hall–Kier alpha value is -8.62. The molecule has 0 aliphatic carbocycles. The van der Waals surface area contributed by atoms with Crippen molar-refractivity contribution in [1.29, 1.82) is 0 Å². The van der Waals surface area contributed by atoms with Crippen LogP contribution in [-0.2, 0) is 10.8 Å². The second-order valence-corrected chi connectivity index (χ2v) is 19.2. The molecule has 0 unspecified atom stereocenters. The minimum atomic E-state index is -0.158. The van der Waals surface area contributed by atoms with E-state index in [2.05, 4.69) is 240 Å². The van der Waals surface area contributed by atoms with Crippen LogP contribution in [0.3, 0.4) is 0 Å². The van der Waals surface area contributed by atoms with Gasteiger partial charge in [0.15, 0.2) is 11.6 Å². The summed E-state index contributed by atoms with van der Waals surface area (Å²) in [4.78, 5) is 4.86. The number of nitrogens with zero attached hydrogens (tertiary/aromatic N) is 8. The first-order chi connectivity index (χ1) is 33.3. The molecular formula is C60H44N8. The maximum absolute atomic E-state index is 5.00. The van der Waals surface area contributed by atoms with Gasteiger partial charge in [-0.1, -0.05) is 161 Å². The van der Waals surface area contributed by atoms with Crippen LogP contribution >= 0.6 is 0 Å². The Bertz CT molecular complexity index is 3720. The van der Waals surface area contributed by atoms with Gasteiger partial charge in [-0.2, -0.15) is 0 Å². The fourth-order valence-corrected chi connectivity index (χ4v) is 11.7. The van der Waals surface area contributed by atoms with Gasteiger partial charge in [0.1, 0.15) is 0 Å². The van der Waals surface area contributed by atoms with E-state index < -0.39 is 0 Å². The Labute approximate surface area is 393 Å². The molecule has 0 saturated heterocycles. The Morgan fingerprint density at radius 1 is 0.294 bits per heavy atom. The lowest BCUT2D eigenvalue weighted by Crippen LogP contribution is -2.30. The zero-order chi connectivity index (χ0) is 45.5. The molecule has 0 N–H and O–H groups in total. The van der Waals surface area contributed by atoms with Crippen LogP contribution in [-0.4, -0.2) is 29.2 Å². The van der Waals surface area contributed by atoms with Crippen LogP contribution < -0.4 is 9.80 Å². The van der Waals surface area contributed by atoms with Gasteiger partial charge in [-0.05, 0) is 93.7 Å². The molecule has 2 aliphatic heterocycles. The lowest BCUT2D eigenvalue weighted by atomic mass is 9.73. The van der Waals surface area contributed by atoms with E-state index in [1.807, 2.05) is 0 Å². The first-order valence-corrected chi connectivity index (χ1v) is 23.3. The number of fused-ring (bicyclic) bond motifs is 12. The molecule has 5 heterocycles. The predicted octanol–water partition coefficient (Wildman–Crippen LogP) is 14.8. The average molecular weight is 877 g/mol. The van der Waals surface area contributed by atoms with Crippen molar-refractivity contribution in [3.63, 3.8) is 0 Å². The molecule has 12 aromatic rings. The van der Waals surface area contributed by atoms with Gasteiger partial charge in [0.2, 0.25) is 11.3 Å². The normalized spacial score (nSPS) is 14.6. The van der Waals surface area contributed by atoms with E-state index in [0.29, 0.717) is 11.3 Å². The monoisotopic (exact) mass is 876 g/mol. The second kappa shape index (κ2) is 14.0. The van der Waals surface area contributed by atoms with Crippen molar-refractivity contribution in [3.05, 3.63) is 216 Å². The third-order valence-electron chi connectivity index (χ3n) is 14.9. The van der Waals surface area contributed by atoms with E-state index in [-0.39, 0.29) is 10.8 Å². The third kappa shape index (κ3) is 5.14. The molecule has 9 aromatic carbocycles. The van der Waals surface area contributed by atoms with E-state index in [9.17, 15) is 0 Å². The second-order valence-electron chi connectivity index (χ2n) is 19.2. The Morgan fingerprint density at radius 2 is 0.603 bits per heavy atom. The molecule has 2 aliphatic rings. The minimum Gasteiger partial charge on any atom is -0.309 e. The van der Waals surface area contributed by atoms with Gasteiger partial charge in [0.05, 0.1) is 45.2 Å². The van der Waals surface area contributed by atoms with Crippen LogP contribution in [0.1, 0.15) is 49.9 Å². The van der Waals surface area contributed by atoms with Crippen molar-refractivity contribution in [2.45, 2.75) is 38.5 Å². The lowest BCUT2D eigenvalue weighted by Gasteiger charge is -2.42. The van der Waals surface area contributed by atoms with Gasteiger partial charge < -0.3 is 9.80 Å². The smallest absolute Gasteiger partial charge is 0.207 e. The summed E-state index contributed by atoms with van der Waals surface area (Å²) in [5.74, 6) is 1.48.